The summed E-state index contributed by atoms with van der Waals surface area (Å²) >= 11 is 1.26. The molecule has 0 spiro atoms. The van der Waals surface area contributed by atoms with E-state index in [1.807, 2.05) is 12.1 Å². The first-order valence-electron chi connectivity index (χ1n) is 6.24. The Morgan fingerprint density at radius 3 is 2.55 bits per heavy atom. The Bertz CT molecular complexity index is 709. The lowest BCUT2D eigenvalue weighted by Gasteiger charge is -2.09. The van der Waals surface area contributed by atoms with Crippen LogP contribution in [0, 0.1) is 0 Å². The van der Waals surface area contributed by atoms with E-state index >= 15 is 0 Å². The van der Waals surface area contributed by atoms with Gasteiger partial charge in [-0.15, -0.1) is 35.3 Å². The molecular weight excluding hydrogens is 437 g/mol. The van der Waals surface area contributed by atoms with E-state index in [4.69, 9.17) is 4.42 Å². The average molecular weight is 455 g/mol. The highest BCUT2D eigenvalue weighted by atomic mass is 127. The smallest absolute Gasteiger partial charge is 0.191 e. The summed E-state index contributed by atoms with van der Waals surface area (Å²) in [6.45, 7) is 1.05. The predicted octanol–water partition coefficient (Wildman–Crippen LogP) is 2.23. The fourth-order valence-electron chi connectivity index (χ4n) is 1.63. The van der Waals surface area contributed by atoms with Gasteiger partial charge < -0.3 is 15.1 Å². The first-order chi connectivity index (χ1) is 9.99. The Labute approximate surface area is 151 Å². The van der Waals surface area contributed by atoms with Crippen LogP contribution in [0.4, 0.5) is 0 Å². The molecule has 122 valence electrons. The van der Waals surface area contributed by atoms with E-state index in [0.717, 1.165) is 10.6 Å². The molecule has 0 radical (unpaired) electrons. The van der Waals surface area contributed by atoms with E-state index in [2.05, 4.69) is 15.6 Å². The third-order valence-electron chi connectivity index (χ3n) is 2.67. The Kier molecular flexibility index (Phi) is 7.36. The van der Waals surface area contributed by atoms with Crippen LogP contribution in [0.5, 0.6) is 0 Å². The van der Waals surface area contributed by atoms with Crippen LogP contribution in [0.3, 0.4) is 0 Å². The summed E-state index contributed by atoms with van der Waals surface area (Å²) < 4.78 is 28.4. The quantitative estimate of drug-likeness (QED) is 0.411. The molecule has 2 rings (SSSR count). The van der Waals surface area contributed by atoms with Crippen LogP contribution in [0.25, 0.3) is 0 Å². The number of hydrogen-bond acceptors (Lipinski definition) is 5. The first kappa shape index (κ1) is 19.0. The molecule has 9 heteroatoms. The zero-order chi connectivity index (χ0) is 15.3. The minimum absolute atomic E-state index is 0. The molecule has 22 heavy (non-hydrogen) atoms. The Hall–Kier alpha value is -1.07. The summed E-state index contributed by atoms with van der Waals surface area (Å²) in [7, 11) is -1.46. The molecule has 0 unspecified atom stereocenters. The van der Waals surface area contributed by atoms with Gasteiger partial charge in [-0.3, -0.25) is 4.99 Å². The largest absolute Gasteiger partial charge is 0.467 e. The fourth-order valence-corrected chi connectivity index (χ4v) is 3.54. The minimum atomic E-state index is -3.13. The number of aliphatic imine (C=N–C) groups is 1. The van der Waals surface area contributed by atoms with Crippen molar-refractivity contribution in [1.29, 1.82) is 0 Å². The number of rotatable bonds is 5. The Morgan fingerprint density at radius 1 is 1.27 bits per heavy atom. The van der Waals surface area contributed by atoms with Gasteiger partial charge in [0.05, 0.1) is 19.4 Å². The number of guanidine groups is 1. The molecule has 0 aromatic carbocycles. The summed E-state index contributed by atoms with van der Waals surface area (Å²) in [6.07, 6.45) is 2.82. The molecule has 2 N–H and O–H groups in total. The van der Waals surface area contributed by atoms with E-state index < -0.39 is 9.84 Å². The van der Waals surface area contributed by atoms with Crippen molar-refractivity contribution in [2.24, 2.45) is 4.99 Å². The Morgan fingerprint density at radius 2 is 2.00 bits per heavy atom. The minimum Gasteiger partial charge on any atom is -0.467 e. The summed E-state index contributed by atoms with van der Waals surface area (Å²) in [6, 6.07) is 7.12. The maximum Gasteiger partial charge on any atom is 0.191 e. The highest BCUT2D eigenvalue weighted by molar-refractivity contribution is 14.0. The van der Waals surface area contributed by atoms with Crippen molar-refractivity contribution >= 4 is 51.1 Å². The average Bonchev–Trinajstić information content (AvgIpc) is 3.09. The van der Waals surface area contributed by atoms with Gasteiger partial charge in [-0.25, -0.2) is 8.42 Å². The summed E-state index contributed by atoms with van der Waals surface area (Å²) in [5.74, 6) is 1.44. The Balaban J connectivity index is 0.00000242. The molecule has 0 saturated heterocycles. The monoisotopic (exact) mass is 455 g/mol. The van der Waals surface area contributed by atoms with Crippen molar-refractivity contribution in [1.82, 2.24) is 10.6 Å². The lowest BCUT2D eigenvalue weighted by molar-refractivity contribution is 0.501. The van der Waals surface area contributed by atoms with Gasteiger partial charge >= 0.3 is 0 Å². The summed E-state index contributed by atoms with van der Waals surface area (Å²) in [4.78, 5) is 5.02. The van der Waals surface area contributed by atoms with Crippen LogP contribution in [0.1, 0.15) is 10.6 Å². The lowest BCUT2D eigenvalue weighted by atomic mass is 10.4. The number of furan rings is 1. The van der Waals surface area contributed by atoms with Gasteiger partial charge in [0.2, 0.25) is 0 Å². The maximum atomic E-state index is 11.4. The maximum absolute atomic E-state index is 11.4. The second kappa shape index (κ2) is 8.53. The number of hydrogen-bond donors (Lipinski definition) is 2. The van der Waals surface area contributed by atoms with Crippen molar-refractivity contribution in [3.05, 3.63) is 41.2 Å². The first-order valence-corrected chi connectivity index (χ1v) is 8.95. The van der Waals surface area contributed by atoms with Gasteiger partial charge in [0.15, 0.2) is 15.8 Å². The molecule has 0 fully saturated rings. The van der Waals surface area contributed by atoms with E-state index in [1.54, 1.807) is 25.4 Å². The molecule has 0 aliphatic carbocycles. The molecule has 6 nitrogen and oxygen atoms in total. The highest BCUT2D eigenvalue weighted by Crippen LogP contribution is 2.21. The number of nitrogens with zero attached hydrogens (tertiary/aromatic N) is 1. The number of thiophene rings is 1. The van der Waals surface area contributed by atoms with E-state index in [0.29, 0.717) is 23.3 Å². The van der Waals surface area contributed by atoms with Gasteiger partial charge in [-0.05, 0) is 24.3 Å². The number of nitrogens with one attached hydrogen (secondary N) is 2. The highest BCUT2D eigenvalue weighted by Gasteiger charge is 2.10. The molecule has 2 aromatic rings. The second-order valence-corrected chi connectivity index (χ2v) is 7.76. The zero-order valence-corrected chi connectivity index (χ0v) is 16.2. The zero-order valence-electron chi connectivity index (χ0n) is 12.2. The molecule has 2 aromatic heterocycles. The molecule has 2 heterocycles. The van der Waals surface area contributed by atoms with Gasteiger partial charge in [-0.1, -0.05) is 0 Å². The van der Waals surface area contributed by atoms with Crippen LogP contribution >= 0.6 is 35.3 Å². The third kappa shape index (κ3) is 5.61. The molecule has 0 aliphatic heterocycles. The fraction of sp³-hybridized carbons (Fsp3) is 0.308. The summed E-state index contributed by atoms with van der Waals surface area (Å²) in [5.41, 5.74) is 0. The second-order valence-electron chi connectivity index (χ2n) is 4.35. The molecule has 0 saturated carbocycles. The molecule has 0 bridgehead atoms. The van der Waals surface area contributed by atoms with Gasteiger partial charge in [0.1, 0.15) is 9.97 Å². The standard InChI is InChI=1S/C13H17N3O3S2.HI/c1-14-13(15-8-10-4-3-7-19-10)16-9-11-5-6-12(20-11)21(2,17)18;/h3-7H,8-9H2,1-2H3,(H2,14,15,16);1H. The van der Waals surface area contributed by atoms with E-state index in [9.17, 15) is 8.42 Å². The number of halogens is 1. The van der Waals surface area contributed by atoms with Crippen LogP contribution < -0.4 is 10.6 Å². The molecule has 0 atom stereocenters. The van der Waals surface area contributed by atoms with Gasteiger partial charge in [-0.2, -0.15) is 0 Å². The molecular formula is C13H18IN3O3S2. The predicted molar refractivity (Wildman–Crippen MR) is 98.6 cm³/mol. The third-order valence-corrected chi connectivity index (χ3v) is 5.57. The van der Waals surface area contributed by atoms with Crippen LogP contribution in [-0.4, -0.2) is 27.7 Å². The van der Waals surface area contributed by atoms with Crippen molar-refractivity contribution in [2.75, 3.05) is 13.3 Å². The van der Waals surface area contributed by atoms with E-state index in [1.165, 1.54) is 17.6 Å². The van der Waals surface area contributed by atoms with Crippen LogP contribution in [0.2, 0.25) is 0 Å². The van der Waals surface area contributed by atoms with Crippen molar-refractivity contribution in [2.45, 2.75) is 17.3 Å². The van der Waals surface area contributed by atoms with Crippen LogP contribution in [0.15, 0.2) is 44.1 Å². The van der Waals surface area contributed by atoms with Crippen LogP contribution in [-0.2, 0) is 22.9 Å². The van der Waals surface area contributed by atoms with Crippen molar-refractivity contribution in [3.63, 3.8) is 0 Å². The van der Waals surface area contributed by atoms with Crippen molar-refractivity contribution in [3.8, 4) is 0 Å². The van der Waals surface area contributed by atoms with Gasteiger partial charge in [0.25, 0.3) is 0 Å². The normalized spacial score (nSPS) is 11.8. The lowest BCUT2D eigenvalue weighted by Crippen LogP contribution is -2.36. The topological polar surface area (TPSA) is 83.7 Å². The van der Waals surface area contributed by atoms with E-state index in [-0.39, 0.29) is 24.0 Å². The summed E-state index contributed by atoms with van der Waals surface area (Å²) in [5, 5.41) is 6.24. The molecule has 0 amide bonds. The van der Waals surface area contributed by atoms with Crippen molar-refractivity contribution < 1.29 is 12.8 Å². The number of sulfone groups is 1. The molecule has 0 aliphatic rings. The van der Waals surface area contributed by atoms with Gasteiger partial charge in [0, 0.05) is 18.2 Å². The SMILES string of the molecule is CN=C(NCc1ccco1)NCc1ccc(S(C)(=O)=O)s1.I.